The van der Waals surface area contributed by atoms with E-state index in [0.29, 0.717) is 25.3 Å². The number of nitrogens with zero attached hydrogens (tertiary/aromatic N) is 3. The lowest BCUT2D eigenvalue weighted by molar-refractivity contribution is 0.0154. The second kappa shape index (κ2) is 9.51. The smallest absolute Gasteiger partial charge is 0.251 e. The third-order valence-corrected chi connectivity index (χ3v) is 6.29. The molecule has 3 aromatic rings. The summed E-state index contributed by atoms with van der Waals surface area (Å²) in [5, 5.41) is 3.15. The lowest BCUT2D eigenvalue weighted by Gasteiger charge is -2.34. The summed E-state index contributed by atoms with van der Waals surface area (Å²) in [5.41, 5.74) is 5.43. The fourth-order valence-corrected chi connectivity index (χ4v) is 4.53. The zero-order valence-electron chi connectivity index (χ0n) is 18.1. The van der Waals surface area contributed by atoms with Gasteiger partial charge in [0.2, 0.25) is 0 Å². The number of anilines is 1. The molecule has 3 heterocycles. The van der Waals surface area contributed by atoms with Gasteiger partial charge in [0, 0.05) is 50.2 Å². The van der Waals surface area contributed by atoms with Gasteiger partial charge in [0.15, 0.2) is 0 Å². The van der Waals surface area contributed by atoms with Gasteiger partial charge in [-0.1, -0.05) is 36.4 Å². The number of amides is 1. The Labute approximate surface area is 188 Å². The summed E-state index contributed by atoms with van der Waals surface area (Å²) < 4.78 is 5.51. The second-order valence-electron chi connectivity index (χ2n) is 8.30. The quantitative estimate of drug-likeness (QED) is 0.652. The summed E-state index contributed by atoms with van der Waals surface area (Å²) in [6.45, 7) is 5.34. The number of ether oxygens (including phenoxy) is 1. The van der Waals surface area contributed by atoms with Crippen LogP contribution < -0.4 is 10.2 Å². The molecule has 0 radical (unpaired) electrons. The van der Waals surface area contributed by atoms with Crippen molar-refractivity contribution in [1.82, 2.24) is 15.2 Å². The molecule has 6 nitrogen and oxygen atoms in total. The Kier molecular flexibility index (Phi) is 6.14. The molecule has 0 spiro atoms. The van der Waals surface area contributed by atoms with E-state index in [1.807, 2.05) is 42.6 Å². The minimum atomic E-state index is -0.0576. The number of hydrogen-bond donors (Lipinski definition) is 1. The molecule has 6 heteroatoms. The molecule has 2 aliphatic heterocycles. The van der Waals surface area contributed by atoms with E-state index >= 15 is 0 Å². The van der Waals surface area contributed by atoms with Gasteiger partial charge >= 0.3 is 0 Å². The van der Waals surface area contributed by atoms with E-state index in [0.717, 1.165) is 37.6 Å². The fourth-order valence-electron chi connectivity index (χ4n) is 4.53. The Morgan fingerprint density at radius 2 is 1.72 bits per heavy atom. The Morgan fingerprint density at radius 3 is 2.44 bits per heavy atom. The molecule has 1 amide bonds. The molecular formula is C26H28N4O2. The van der Waals surface area contributed by atoms with Crippen molar-refractivity contribution in [2.75, 3.05) is 37.7 Å². The van der Waals surface area contributed by atoms with E-state index in [1.54, 1.807) is 0 Å². The maximum atomic E-state index is 13.1. The van der Waals surface area contributed by atoms with E-state index in [9.17, 15) is 4.79 Å². The van der Waals surface area contributed by atoms with Gasteiger partial charge in [-0.05, 0) is 41.5 Å². The predicted octanol–water partition coefficient (Wildman–Crippen LogP) is 3.41. The molecule has 0 aliphatic carbocycles. The average Bonchev–Trinajstić information content (AvgIpc) is 3.30. The third kappa shape index (κ3) is 4.52. The van der Waals surface area contributed by atoms with Crippen molar-refractivity contribution in [2.45, 2.75) is 19.1 Å². The number of hydrogen-bond acceptors (Lipinski definition) is 5. The summed E-state index contributed by atoms with van der Waals surface area (Å²) >= 11 is 0. The number of aromatic nitrogens is 1. The van der Waals surface area contributed by atoms with Gasteiger partial charge in [-0.3, -0.25) is 14.7 Å². The van der Waals surface area contributed by atoms with Crippen molar-refractivity contribution in [2.24, 2.45) is 0 Å². The van der Waals surface area contributed by atoms with Crippen LogP contribution in [-0.4, -0.2) is 48.6 Å². The number of pyridine rings is 1. The van der Waals surface area contributed by atoms with Crippen LogP contribution in [0, 0.1) is 0 Å². The highest BCUT2D eigenvalue weighted by Crippen LogP contribution is 2.28. The lowest BCUT2D eigenvalue weighted by atomic mass is 10.1. The van der Waals surface area contributed by atoms with Gasteiger partial charge in [-0.15, -0.1) is 0 Å². The highest BCUT2D eigenvalue weighted by Gasteiger charge is 2.25. The molecule has 1 saturated heterocycles. The molecule has 2 aromatic carbocycles. The van der Waals surface area contributed by atoms with Gasteiger partial charge in [-0.2, -0.15) is 0 Å². The Morgan fingerprint density at radius 1 is 0.969 bits per heavy atom. The molecule has 1 atom stereocenters. The van der Waals surface area contributed by atoms with Crippen molar-refractivity contribution < 1.29 is 9.53 Å². The average molecular weight is 429 g/mol. The monoisotopic (exact) mass is 428 g/mol. The normalized spacial score (nSPS) is 17.1. The Balaban J connectivity index is 1.27. The maximum absolute atomic E-state index is 13.1. The van der Waals surface area contributed by atoms with Crippen LogP contribution in [0.5, 0.6) is 0 Å². The standard InChI is InChI=1S/C26H28N4O2/c31-26(28-17-25(24-10-3-4-11-27-24)29-12-14-32-15-13-29)20-8-5-9-23(16-20)30-18-21-6-1-2-7-22(21)19-30/h1-11,16,25H,12-15,17-19H2,(H,28,31)/t25-/m1/s1. The molecule has 1 N–H and O–H groups in total. The second-order valence-corrected chi connectivity index (χ2v) is 8.30. The number of nitrogens with one attached hydrogen (secondary N) is 1. The summed E-state index contributed by atoms with van der Waals surface area (Å²) in [5.74, 6) is -0.0576. The zero-order valence-corrected chi connectivity index (χ0v) is 18.1. The van der Waals surface area contributed by atoms with E-state index in [1.165, 1.54) is 11.1 Å². The topological polar surface area (TPSA) is 57.7 Å². The number of fused-ring (bicyclic) bond motifs is 1. The minimum absolute atomic E-state index is 0.0281. The van der Waals surface area contributed by atoms with Crippen LogP contribution in [-0.2, 0) is 17.8 Å². The minimum Gasteiger partial charge on any atom is -0.379 e. The molecule has 32 heavy (non-hydrogen) atoms. The van der Waals surface area contributed by atoms with E-state index in [2.05, 4.69) is 50.4 Å². The molecule has 0 unspecified atom stereocenters. The van der Waals surface area contributed by atoms with Crippen LogP contribution in [0.2, 0.25) is 0 Å². The summed E-state index contributed by atoms with van der Waals surface area (Å²) in [6.07, 6.45) is 1.81. The molecule has 164 valence electrons. The van der Waals surface area contributed by atoms with Crippen molar-refractivity contribution >= 4 is 11.6 Å². The van der Waals surface area contributed by atoms with E-state index in [4.69, 9.17) is 4.74 Å². The number of benzene rings is 2. The molecule has 1 fully saturated rings. The summed E-state index contributed by atoms with van der Waals surface area (Å²) in [7, 11) is 0. The number of carbonyl (C=O) groups excluding carboxylic acids is 1. The van der Waals surface area contributed by atoms with Gasteiger partial charge < -0.3 is 15.0 Å². The van der Waals surface area contributed by atoms with Crippen molar-refractivity contribution in [1.29, 1.82) is 0 Å². The first kappa shape index (κ1) is 20.7. The van der Waals surface area contributed by atoms with E-state index in [-0.39, 0.29) is 11.9 Å². The van der Waals surface area contributed by atoms with Crippen LogP contribution in [0.1, 0.15) is 33.2 Å². The van der Waals surface area contributed by atoms with Gasteiger partial charge in [0.25, 0.3) is 5.91 Å². The first-order chi connectivity index (χ1) is 15.8. The SMILES string of the molecule is O=C(NC[C@H](c1ccccn1)N1CCOCC1)c1cccc(N2Cc3ccccc3C2)c1. The van der Waals surface area contributed by atoms with Gasteiger partial charge in [-0.25, -0.2) is 0 Å². The molecule has 5 rings (SSSR count). The lowest BCUT2D eigenvalue weighted by Crippen LogP contribution is -2.44. The van der Waals surface area contributed by atoms with Gasteiger partial charge in [0.05, 0.1) is 24.9 Å². The largest absolute Gasteiger partial charge is 0.379 e. The predicted molar refractivity (Wildman–Crippen MR) is 124 cm³/mol. The highest BCUT2D eigenvalue weighted by molar-refractivity contribution is 5.95. The van der Waals surface area contributed by atoms with Crippen LogP contribution in [0.4, 0.5) is 5.69 Å². The van der Waals surface area contributed by atoms with Gasteiger partial charge in [0.1, 0.15) is 0 Å². The molecule has 0 saturated carbocycles. The fraction of sp³-hybridized carbons (Fsp3) is 0.308. The summed E-state index contributed by atoms with van der Waals surface area (Å²) in [6, 6.07) is 22.4. The molecular weight excluding hydrogens is 400 g/mol. The van der Waals surface area contributed by atoms with Crippen LogP contribution in [0.15, 0.2) is 72.9 Å². The summed E-state index contributed by atoms with van der Waals surface area (Å²) in [4.78, 5) is 22.3. The molecule has 0 bridgehead atoms. The van der Waals surface area contributed by atoms with Crippen LogP contribution in [0.3, 0.4) is 0 Å². The highest BCUT2D eigenvalue weighted by atomic mass is 16.5. The van der Waals surface area contributed by atoms with Crippen LogP contribution in [0.25, 0.3) is 0 Å². The third-order valence-electron chi connectivity index (χ3n) is 6.29. The maximum Gasteiger partial charge on any atom is 0.251 e. The van der Waals surface area contributed by atoms with Crippen molar-refractivity contribution in [3.8, 4) is 0 Å². The van der Waals surface area contributed by atoms with Crippen molar-refractivity contribution in [3.63, 3.8) is 0 Å². The molecule has 2 aliphatic rings. The Hall–Kier alpha value is -3.22. The zero-order chi connectivity index (χ0) is 21.8. The van der Waals surface area contributed by atoms with Crippen molar-refractivity contribution in [3.05, 3.63) is 95.3 Å². The van der Waals surface area contributed by atoms with Crippen LogP contribution >= 0.6 is 0 Å². The number of morpholine rings is 1. The molecule has 1 aromatic heterocycles. The first-order valence-electron chi connectivity index (χ1n) is 11.2. The van der Waals surface area contributed by atoms with E-state index < -0.39 is 0 Å². The Bertz CT molecular complexity index is 1040. The first-order valence-corrected chi connectivity index (χ1v) is 11.2. The number of carbonyl (C=O) groups is 1. The number of rotatable bonds is 6.